The van der Waals surface area contributed by atoms with E-state index in [4.69, 9.17) is 16.7 Å². The Morgan fingerprint density at radius 1 is 1.09 bits per heavy atom. The van der Waals surface area contributed by atoms with Crippen LogP contribution in [-0.2, 0) is 11.2 Å². The number of hydrogen-bond donors (Lipinski definition) is 3. The number of fused-ring (bicyclic) bond motifs is 1. The van der Waals surface area contributed by atoms with Crippen LogP contribution in [0.5, 0.6) is 0 Å². The number of nitrogens with one attached hydrogen (secondary N) is 2. The molecule has 2 aliphatic carbocycles. The van der Waals surface area contributed by atoms with Crippen LogP contribution in [0.1, 0.15) is 49.3 Å². The van der Waals surface area contributed by atoms with Crippen molar-refractivity contribution in [3.63, 3.8) is 0 Å². The molecule has 5 nitrogen and oxygen atoms in total. The van der Waals surface area contributed by atoms with Crippen molar-refractivity contribution in [1.29, 1.82) is 0 Å². The minimum atomic E-state index is -0.728. The van der Waals surface area contributed by atoms with E-state index < -0.39 is 5.97 Å². The first-order valence-corrected chi connectivity index (χ1v) is 8.49. The number of carbonyl (C=O) groups excluding carboxylic acids is 1. The lowest BCUT2D eigenvalue weighted by Crippen LogP contribution is -2.45. The summed E-state index contributed by atoms with van der Waals surface area (Å²) in [7, 11) is 0. The van der Waals surface area contributed by atoms with Crippen molar-refractivity contribution in [2.45, 2.75) is 50.6 Å². The van der Waals surface area contributed by atoms with E-state index in [2.05, 4.69) is 10.6 Å². The fourth-order valence-corrected chi connectivity index (χ4v) is 3.80. The van der Waals surface area contributed by atoms with Crippen molar-refractivity contribution < 1.29 is 14.7 Å². The summed E-state index contributed by atoms with van der Waals surface area (Å²) in [6, 6.07) is 5.72. The van der Waals surface area contributed by atoms with Gasteiger partial charge in [-0.25, -0.2) is 4.79 Å². The highest BCUT2D eigenvalue weighted by Crippen LogP contribution is 2.32. The van der Waals surface area contributed by atoms with Crippen LogP contribution < -0.4 is 10.6 Å². The maximum absolute atomic E-state index is 12.2. The third-order valence-electron chi connectivity index (χ3n) is 4.90. The summed E-state index contributed by atoms with van der Waals surface area (Å²) in [4.78, 5) is 23.1. The first-order valence-electron chi connectivity index (χ1n) is 8.11. The molecule has 3 rings (SSSR count). The number of carboxylic acid groups (broad SMARTS) is 1. The first kappa shape index (κ1) is 16.1. The summed E-state index contributed by atoms with van der Waals surface area (Å²) < 4.78 is 0. The third kappa shape index (κ3) is 3.78. The molecular weight excluding hydrogens is 316 g/mol. The number of urea groups is 1. The number of hydrogen-bond acceptors (Lipinski definition) is 2. The second-order valence-corrected chi connectivity index (χ2v) is 6.88. The Morgan fingerprint density at radius 2 is 1.83 bits per heavy atom. The Kier molecular flexibility index (Phi) is 4.76. The summed E-state index contributed by atoms with van der Waals surface area (Å²) in [5, 5.41) is 15.7. The summed E-state index contributed by atoms with van der Waals surface area (Å²) >= 11 is 6.00. The Hall–Kier alpha value is -1.75. The second-order valence-electron chi connectivity index (χ2n) is 6.44. The molecule has 6 heteroatoms. The molecule has 1 unspecified atom stereocenters. The van der Waals surface area contributed by atoms with Gasteiger partial charge in [-0.05, 0) is 61.8 Å². The molecule has 0 saturated heterocycles. The van der Waals surface area contributed by atoms with Gasteiger partial charge in [0.2, 0.25) is 0 Å². The predicted octanol–water partition coefficient (Wildman–Crippen LogP) is 3.27. The van der Waals surface area contributed by atoms with Gasteiger partial charge < -0.3 is 15.7 Å². The second kappa shape index (κ2) is 6.79. The van der Waals surface area contributed by atoms with Gasteiger partial charge >= 0.3 is 12.0 Å². The zero-order valence-electron chi connectivity index (χ0n) is 12.8. The molecule has 1 fully saturated rings. The Labute approximate surface area is 140 Å². The molecule has 2 amide bonds. The zero-order valence-corrected chi connectivity index (χ0v) is 13.6. The standard InChI is InChI=1S/C17H21ClN2O3/c18-12-4-7-14-11(9-12)3-8-15(14)20-17(23)19-13-5-1-10(2-6-13)16(21)22/h4,7,9-10,13,15H,1-3,5-6,8H2,(H,21,22)(H2,19,20,23). The Bertz CT molecular complexity index is 612. The number of aryl methyl sites for hydroxylation is 1. The molecule has 1 atom stereocenters. The van der Waals surface area contributed by atoms with E-state index in [1.54, 1.807) is 0 Å². The highest BCUT2D eigenvalue weighted by molar-refractivity contribution is 6.30. The van der Waals surface area contributed by atoms with E-state index in [0.717, 1.165) is 36.3 Å². The lowest BCUT2D eigenvalue weighted by molar-refractivity contribution is -0.142. The van der Waals surface area contributed by atoms with Gasteiger partial charge in [0.05, 0.1) is 12.0 Å². The van der Waals surface area contributed by atoms with E-state index in [0.29, 0.717) is 12.8 Å². The zero-order chi connectivity index (χ0) is 16.4. The molecule has 0 spiro atoms. The summed E-state index contributed by atoms with van der Waals surface area (Å²) in [5.41, 5.74) is 2.34. The number of halogens is 1. The molecule has 0 radical (unpaired) electrons. The predicted molar refractivity (Wildman–Crippen MR) is 87.6 cm³/mol. The minimum Gasteiger partial charge on any atom is -0.481 e. The van der Waals surface area contributed by atoms with E-state index in [9.17, 15) is 9.59 Å². The SMILES string of the molecule is O=C(NC1CCC(C(=O)O)CC1)NC1CCc2cc(Cl)ccc21. The van der Waals surface area contributed by atoms with Crippen LogP contribution >= 0.6 is 11.6 Å². The number of aliphatic carboxylic acids is 1. The van der Waals surface area contributed by atoms with Crippen molar-refractivity contribution in [2.24, 2.45) is 5.92 Å². The van der Waals surface area contributed by atoms with Gasteiger partial charge in [0.25, 0.3) is 0 Å². The van der Waals surface area contributed by atoms with Crippen molar-refractivity contribution in [2.75, 3.05) is 0 Å². The molecule has 1 saturated carbocycles. The largest absolute Gasteiger partial charge is 0.481 e. The van der Waals surface area contributed by atoms with E-state index >= 15 is 0 Å². The van der Waals surface area contributed by atoms with Crippen molar-refractivity contribution in [1.82, 2.24) is 10.6 Å². The van der Waals surface area contributed by atoms with Gasteiger partial charge in [-0.3, -0.25) is 4.79 Å². The van der Waals surface area contributed by atoms with Gasteiger partial charge in [0.1, 0.15) is 0 Å². The average molecular weight is 337 g/mol. The number of carbonyl (C=O) groups is 2. The third-order valence-corrected chi connectivity index (χ3v) is 5.13. The summed E-state index contributed by atoms with van der Waals surface area (Å²) in [6.45, 7) is 0. The maximum atomic E-state index is 12.2. The average Bonchev–Trinajstić information content (AvgIpc) is 2.89. The van der Waals surface area contributed by atoms with Crippen LogP contribution in [0.25, 0.3) is 0 Å². The Morgan fingerprint density at radius 3 is 2.52 bits per heavy atom. The minimum absolute atomic E-state index is 0.0256. The fraction of sp³-hybridized carbons (Fsp3) is 0.529. The molecule has 0 aromatic heterocycles. The molecule has 3 N–H and O–H groups in total. The molecule has 124 valence electrons. The van der Waals surface area contributed by atoms with Crippen LogP contribution in [0.4, 0.5) is 4.79 Å². The normalized spacial score (nSPS) is 26.4. The van der Waals surface area contributed by atoms with Gasteiger partial charge in [-0.1, -0.05) is 17.7 Å². The molecule has 2 aliphatic rings. The highest BCUT2D eigenvalue weighted by atomic mass is 35.5. The van der Waals surface area contributed by atoms with Gasteiger partial charge in [0, 0.05) is 11.1 Å². The number of rotatable bonds is 3. The van der Waals surface area contributed by atoms with Crippen molar-refractivity contribution in [3.05, 3.63) is 34.3 Å². The van der Waals surface area contributed by atoms with Crippen LogP contribution in [0.15, 0.2) is 18.2 Å². The van der Waals surface area contributed by atoms with Crippen LogP contribution in [0.2, 0.25) is 5.02 Å². The summed E-state index contributed by atoms with van der Waals surface area (Å²) in [6.07, 6.45) is 4.51. The lowest BCUT2D eigenvalue weighted by Gasteiger charge is -2.27. The fourth-order valence-electron chi connectivity index (χ4n) is 3.61. The number of benzene rings is 1. The van der Waals surface area contributed by atoms with Gasteiger partial charge in [0.15, 0.2) is 0 Å². The number of amides is 2. The smallest absolute Gasteiger partial charge is 0.315 e. The quantitative estimate of drug-likeness (QED) is 0.792. The van der Waals surface area contributed by atoms with E-state index in [1.165, 1.54) is 5.56 Å². The van der Waals surface area contributed by atoms with Gasteiger partial charge in [-0.2, -0.15) is 0 Å². The maximum Gasteiger partial charge on any atom is 0.315 e. The van der Waals surface area contributed by atoms with E-state index in [1.807, 2.05) is 18.2 Å². The summed E-state index contributed by atoms with van der Waals surface area (Å²) in [5.74, 6) is -0.989. The molecule has 1 aromatic rings. The van der Waals surface area contributed by atoms with Gasteiger partial charge in [-0.15, -0.1) is 0 Å². The van der Waals surface area contributed by atoms with Crippen LogP contribution in [-0.4, -0.2) is 23.1 Å². The van der Waals surface area contributed by atoms with Crippen LogP contribution in [0.3, 0.4) is 0 Å². The first-order chi connectivity index (χ1) is 11.0. The highest BCUT2D eigenvalue weighted by Gasteiger charge is 2.28. The molecule has 0 heterocycles. The number of carboxylic acids is 1. The van der Waals surface area contributed by atoms with E-state index in [-0.39, 0.29) is 24.0 Å². The molecule has 0 bridgehead atoms. The topological polar surface area (TPSA) is 78.4 Å². The molecule has 0 aliphatic heterocycles. The lowest BCUT2D eigenvalue weighted by atomic mass is 9.86. The monoisotopic (exact) mass is 336 g/mol. The molecular formula is C17H21ClN2O3. The molecule has 1 aromatic carbocycles. The van der Waals surface area contributed by atoms with Crippen molar-refractivity contribution >= 4 is 23.6 Å². The van der Waals surface area contributed by atoms with Crippen LogP contribution in [0, 0.1) is 5.92 Å². The molecule has 23 heavy (non-hydrogen) atoms. The Balaban J connectivity index is 1.51. The van der Waals surface area contributed by atoms with Crippen molar-refractivity contribution in [3.8, 4) is 0 Å².